The molecule has 0 bridgehead atoms. The summed E-state index contributed by atoms with van der Waals surface area (Å²) in [4.78, 5) is 12.3. The molecule has 0 fully saturated rings. The third-order valence-electron chi connectivity index (χ3n) is 3.20. The lowest BCUT2D eigenvalue weighted by Crippen LogP contribution is -2.22. The number of nitrogens with two attached hydrogens (primary N) is 1. The van der Waals surface area contributed by atoms with E-state index in [-0.39, 0.29) is 11.8 Å². The number of rotatable bonds is 6. The molecule has 1 rings (SSSR count). The van der Waals surface area contributed by atoms with Crippen LogP contribution in [0.15, 0.2) is 18.2 Å². The van der Waals surface area contributed by atoms with Gasteiger partial charge in [-0.3, -0.25) is 4.79 Å². The van der Waals surface area contributed by atoms with Gasteiger partial charge in [-0.05, 0) is 31.0 Å². The van der Waals surface area contributed by atoms with Gasteiger partial charge in [0, 0.05) is 11.5 Å². The zero-order chi connectivity index (χ0) is 15.7. The largest absolute Gasteiger partial charge is 0.324 e. The number of nitrogens with one attached hydrogen (secondary N) is 1. The minimum Gasteiger partial charge on any atom is -0.324 e. The van der Waals surface area contributed by atoms with Gasteiger partial charge < -0.3 is 11.1 Å². The second-order valence-electron chi connectivity index (χ2n) is 4.96. The molecule has 3 N–H and O–H groups in total. The van der Waals surface area contributed by atoms with Crippen molar-refractivity contribution in [1.29, 1.82) is 0 Å². The number of anilines is 1. The summed E-state index contributed by atoms with van der Waals surface area (Å²) in [5.74, 6) is 5.80. The molecule has 0 aliphatic heterocycles. The minimum absolute atomic E-state index is 0.0320. The highest BCUT2D eigenvalue weighted by Gasteiger charge is 2.17. The molecule has 0 unspecified atom stereocenters. The van der Waals surface area contributed by atoms with E-state index in [1.165, 1.54) is 0 Å². The van der Waals surface area contributed by atoms with Crippen molar-refractivity contribution in [2.24, 2.45) is 11.7 Å². The smallest absolute Gasteiger partial charge is 0.227 e. The maximum atomic E-state index is 12.3. The zero-order valence-corrected chi connectivity index (χ0v) is 13.5. The highest BCUT2D eigenvalue weighted by Crippen LogP contribution is 2.24. The predicted octanol–water partition coefficient (Wildman–Crippen LogP) is 3.81. The molecule has 21 heavy (non-hydrogen) atoms. The SMILES string of the molecule is CCCC(CCC)C(=O)Nc1cc(C#CCN)ccc1Cl. The van der Waals surface area contributed by atoms with Gasteiger partial charge >= 0.3 is 0 Å². The first kappa shape index (κ1) is 17.6. The average molecular weight is 307 g/mol. The van der Waals surface area contributed by atoms with Gasteiger partial charge in [-0.1, -0.05) is 50.1 Å². The van der Waals surface area contributed by atoms with E-state index in [0.717, 1.165) is 31.2 Å². The third kappa shape index (κ3) is 5.79. The van der Waals surface area contributed by atoms with Crippen molar-refractivity contribution in [2.45, 2.75) is 39.5 Å². The standard InChI is InChI=1S/C17H23ClN2O/c1-3-6-14(7-4-2)17(21)20-16-12-13(8-5-11-19)9-10-15(16)18/h9-10,12,14H,3-4,6-7,11,19H2,1-2H3,(H,20,21). The monoisotopic (exact) mass is 306 g/mol. The van der Waals surface area contributed by atoms with E-state index in [2.05, 4.69) is 31.0 Å². The van der Waals surface area contributed by atoms with Gasteiger partial charge in [0.1, 0.15) is 0 Å². The lowest BCUT2D eigenvalue weighted by atomic mass is 9.97. The van der Waals surface area contributed by atoms with Crippen LogP contribution >= 0.6 is 11.6 Å². The Morgan fingerprint density at radius 1 is 1.33 bits per heavy atom. The lowest BCUT2D eigenvalue weighted by molar-refractivity contribution is -0.120. The summed E-state index contributed by atoms with van der Waals surface area (Å²) in [5, 5.41) is 3.45. The molecule has 3 nitrogen and oxygen atoms in total. The van der Waals surface area contributed by atoms with Crippen LogP contribution in [-0.4, -0.2) is 12.5 Å². The Kier molecular flexibility index (Phi) is 7.89. The Bertz CT molecular complexity index is 525. The van der Waals surface area contributed by atoms with E-state index in [1.54, 1.807) is 12.1 Å². The molecule has 0 saturated carbocycles. The van der Waals surface area contributed by atoms with Crippen LogP contribution in [0.5, 0.6) is 0 Å². The van der Waals surface area contributed by atoms with Gasteiger partial charge in [0.2, 0.25) is 5.91 Å². The van der Waals surface area contributed by atoms with Gasteiger partial charge in [-0.15, -0.1) is 0 Å². The topological polar surface area (TPSA) is 55.1 Å². The quantitative estimate of drug-likeness (QED) is 0.785. The molecule has 1 aromatic rings. The van der Waals surface area contributed by atoms with Crippen LogP contribution in [-0.2, 0) is 4.79 Å². The van der Waals surface area contributed by atoms with E-state index in [1.807, 2.05) is 6.07 Å². The summed E-state index contributed by atoms with van der Waals surface area (Å²) < 4.78 is 0. The van der Waals surface area contributed by atoms with Gasteiger partial charge in [0.15, 0.2) is 0 Å². The Balaban J connectivity index is 2.87. The lowest BCUT2D eigenvalue weighted by Gasteiger charge is -2.16. The molecule has 0 aliphatic rings. The number of benzene rings is 1. The second kappa shape index (κ2) is 9.44. The Morgan fingerprint density at radius 2 is 2.00 bits per heavy atom. The predicted molar refractivity (Wildman–Crippen MR) is 89.3 cm³/mol. The van der Waals surface area contributed by atoms with Crippen LogP contribution in [0.1, 0.15) is 45.1 Å². The number of carbonyl (C=O) groups excluding carboxylic acids is 1. The number of hydrogen-bond acceptors (Lipinski definition) is 2. The number of hydrogen-bond donors (Lipinski definition) is 2. The van der Waals surface area contributed by atoms with Crippen molar-refractivity contribution in [3.05, 3.63) is 28.8 Å². The molecule has 1 aromatic carbocycles. The molecule has 0 aromatic heterocycles. The number of amides is 1. The summed E-state index contributed by atoms with van der Waals surface area (Å²) in [6.45, 7) is 4.48. The van der Waals surface area contributed by atoms with Crippen molar-refractivity contribution >= 4 is 23.2 Å². The van der Waals surface area contributed by atoms with E-state index in [0.29, 0.717) is 17.3 Å². The van der Waals surface area contributed by atoms with Gasteiger partial charge in [0.25, 0.3) is 0 Å². The summed E-state index contributed by atoms with van der Waals surface area (Å²) in [5.41, 5.74) is 6.77. The normalized spacial score (nSPS) is 10.1. The second-order valence-corrected chi connectivity index (χ2v) is 5.37. The summed E-state index contributed by atoms with van der Waals surface area (Å²) in [7, 11) is 0. The molecule has 0 spiro atoms. The van der Waals surface area contributed by atoms with E-state index in [9.17, 15) is 4.79 Å². The van der Waals surface area contributed by atoms with E-state index >= 15 is 0 Å². The Hall–Kier alpha value is -1.50. The van der Waals surface area contributed by atoms with E-state index in [4.69, 9.17) is 17.3 Å². The maximum Gasteiger partial charge on any atom is 0.227 e. The van der Waals surface area contributed by atoms with Crippen LogP contribution in [0.25, 0.3) is 0 Å². The molecular weight excluding hydrogens is 284 g/mol. The number of halogens is 1. The van der Waals surface area contributed by atoms with Crippen LogP contribution in [0.2, 0.25) is 5.02 Å². The van der Waals surface area contributed by atoms with Crippen molar-refractivity contribution < 1.29 is 4.79 Å². The Morgan fingerprint density at radius 3 is 2.57 bits per heavy atom. The summed E-state index contributed by atoms with van der Waals surface area (Å²) in [6.07, 6.45) is 3.77. The maximum absolute atomic E-state index is 12.3. The van der Waals surface area contributed by atoms with Gasteiger partial charge in [-0.25, -0.2) is 0 Å². The van der Waals surface area contributed by atoms with Crippen LogP contribution in [0.4, 0.5) is 5.69 Å². The third-order valence-corrected chi connectivity index (χ3v) is 3.53. The first-order valence-corrected chi connectivity index (χ1v) is 7.79. The fraction of sp³-hybridized carbons (Fsp3) is 0.471. The molecule has 0 saturated heterocycles. The van der Waals surface area contributed by atoms with Crippen molar-refractivity contribution in [3.63, 3.8) is 0 Å². The molecule has 114 valence electrons. The molecule has 4 heteroatoms. The molecule has 0 heterocycles. The highest BCUT2D eigenvalue weighted by molar-refractivity contribution is 6.33. The molecule has 0 aliphatic carbocycles. The molecular formula is C17H23ClN2O. The first-order valence-electron chi connectivity index (χ1n) is 7.41. The highest BCUT2D eigenvalue weighted by atomic mass is 35.5. The zero-order valence-electron chi connectivity index (χ0n) is 12.7. The van der Waals surface area contributed by atoms with Crippen molar-refractivity contribution in [3.8, 4) is 11.8 Å². The van der Waals surface area contributed by atoms with Crippen LogP contribution in [0.3, 0.4) is 0 Å². The fourth-order valence-electron chi connectivity index (χ4n) is 2.19. The molecule has 0 atom stereocenters. The van der Waals surface area contributed by atoms with Gasteiger partial charge in [-0.2, -0.15) is 0 Å². The van der Waals surface area contributed by atoms with Crippen LogP contribution in [0, 0.1) is 17.8 Å². The minimum atomic E-state index is 0.0320. The Labute approximate surface area is 132 Å². The van der Waals surface area contributed by atoms with Crippen molar-refractivity contribution in [2.75, 3.05) is 11.9 Å². The first-order chi connectivity index (χ1) is 10.1. The summed E-state index contributed by atoms with van der Waals surface area (Å²) in [6, 6.07) is 5.35. The summed E-state index contributed by atoms with van der Waals surface area (Å²) >= 11 is 6.15. The molecule has 0 radical (unpaired) electrons. The van der Waals surface area contributed by atoms with Crippen molar-refractivity contribution in [1.82, 2.24) is 0 Å². The van der Waals surface area contributed by atoms with E-state index < -0.39 is 0 Å². The fourth-order valence-corrected chi connectivity index (χ4v) is 2.35. The number of carbonyl (C=O) groups is 1. The van der Waals surface area contributed by atoms with Gasteiger partial charge in [0.05, 0.1) is 17.3 Å². The average Bonchev–Trinajstić information content (AvgIpc) is 2.47. The molecule has 1 amide bonds. The van der Waals surface area contributed by atoms with Crippen LogP contribution < -0.4 is 11.1 Å².